The lowest BCUT2D eigenvalue weighted by molar-refractivity contribution is 0.102. The number of amides is 1. The molecule has 0 bridgehead atoms. The molecule has 1 N–H and O–H groups in total. The Labute approximate surface area is 208 Å². The number of nitrogens with zero attached hydrogens (tertiary/aromatic N) is 1. The maximum atomic E-state index is 13.1. The minimum atomic E-state index is -0.104. The third kappa shape index (κ3) is 5.00. The van der Waals surface area contributed by atoms with Gasteiger partial charge in [-0.25, -0.2) is 0 Å². The SMILES string of the molecule is CCc1ccccc1NC(=O)c1ccnc2cc(-c3ccc(C4CCC(CC)CC4)cc3)ccc12. The Kier molecular flexibility index (Phi) is 6.94. The summed E-state index contributed by atoms with van der Waals surface area (Å²) in [6.07, 6.45) is 9.25. The molecule has 3 aromatic carbocycles. The van der Waals surface area contributed by atoms with Crippen LogP contribution in [0.15, 0.2) is 79.0 Å². The molecular weight excluding hydrogens is 428 g/mol. The Balaban J connectivity index is 1.36. The van der Waals surface area contributed by atoms with Gasteiger partial charge in [0.1, 0.15) is 0 Å². The molecule has 1 heterocycles. The van der Waals surface area contributed by atoms with E-state index in [0.717, 1.165) is 40.1 Å². The molecular formula is C32H34N2O. The van der Waals surface area contributed by atoms with Crippen LogP contribution < -0.4 is 5.32 Å². The molecule has 0 spiro atoms. The van der Waals surface area contributed by atoms with E-state index < -0.39 is 0 Å². The number of fused-ring (bicyclic) bond motifs is 1. The molecule has 178 valence electrons. The summed E-state index contributed by atoms with van der Waals surface area (Å²) in [5.41, 5.74) is 7.25. The van der Waals surface area contributed by atoms with Crippen LogP contribution in [0.1, 0.15) is 73.4 Å². The molecule has 1 saturated carbocycles. The highest BCUT2D eigenvalue weighted by Crippen LogP contribution is 2.37. The Morgan fingerprint density at radius 2 is 1.63 bits per heavy atom. The number of carbonyl (C=O) groups is 1. The highest BCUT2D eigenvalue weighted by molar-refractivity contribution is 6.12. The summed E-state index contributed by atoms with van der Waals surface area (Å²) in [6.45, 7) is 4.41. The van der Waals surface area contributed by atoms with Gasteiger partial charge in [0.05, 0.1) is 11.1 Å². The number of benzene rings is 3. The molecule has 1 aliphatic rings. The van der Waals surface area contributed by atoms with Crippen molar-refractivity contribution in [3.05, 3.63) is 95.7 Å². The van der Waals surface area contributed by atoms with Crippen molar-refractivity contribution in [3.63, 3.8) is 0 Å². The standard InChI is InChI=1S/C32H34N2O/c1-3-22-9-11-24(12-10-22)25-13-15-26(16-14-25)27-17-18-28-29(19-20-33-31(28)21-27)32(35)34-30-8-6-5-7-23(30)4-2/h5-8,13-22,24H,3-4,9-12H2,1-2H3,(H,34,35). The number of hydrogen-bond donors (Lipinski definition) is 1. The summed E-state index contributed by atoms with van der Waals surface area (Å²) in [5, 5.41) is 3.96. The van der Waals surface area contributed by atoms with Crippen molar-refractivity contribution in [3.8, 4) is 11.1 Å². The minimum Gasteiger partial charge on any atom is -0.322 e. The van der Waals surface area contributed by atoms with Gasteiger partial charge in [-0.1, -0.05) is 74.9 Å². The zero-order valence-corrected chi connectivity index (χ0v) is 20.8. The van der Waals surface area contributed by atoms with Gasteiger partial charge in [-0.05, 0) is 84.4 Å². The topological polar surface area (TPSA) is 42.0 Å². The van der Waals surface area contributed by atoms with Gasteiger partial charge in [0, 0.05) is 17.3 Å². The van der Waals surface area contributed by atoms with Gasteiger partial charge in [0.25, 0.3) is 5.91 Å². The van der Waals surface area contributed by atoms with Crippen LogP contribution in [0.5, 0.6) is 0 Å². The Morgan fingerprint density at radius 3 is 2.37 bits per heavy atom. The van der Waals surface area contributed by atoms with E-state index in [1.54, 1.807) is 12.3 Å². The largest absolute Gasteiger partial charge is 0.322 e. The third-order valence-corrected chi connectivity index (χ3v) is 7.77. The second-order valence-corrected chi connectivity index (χ2v) is 9.80. The lowest BCUT2D eigenvalue weighted by atomic mass is 9.77. The van der Waals surface area contributed by atoms with Crippen LogP contribution in [0.4, 0.5) is 5.69 Å². The lowest BCUT2D eigenvalue weighted by Gasteiger charge is -2.28. The van der Waals surface area contributed by atoms with Crippen molar-refractivity contribution in [2.75, 3.05) is 5.32 Å². The molecule has 1 aliphatic carbocycles. The summed E-state index contributed by atoms with van der Waals surface area (Å²) in [6, 6.07) is 25.1. The Hall–Kier alpha value is -3.46. The predicted molar refractivity (Wildman–Crippen MR) is 146 cm³/mol. The van der Waals surface area contributed by atoms with Crippen molar-refractivity contribution >= 4 is 22.5 Å². The summed E-state index contributed by atoms with van der Waals surface area (Å²) < 4.78 is 0. The summed E-state index contributed by atoms with van der Waals surface area (Å²) in [4.78, 5) is 17.7. The zero-order valence-electron chi connectivity index (χ0n) is 20.8. The number of nitrogens with one attached hydrogen (secondary N) is 1. The van der Waals surface area contributed by atoms with Crippen molar-refractivity contribution in [1.29, 1.82) is 0 Å². The van der Waals surface area contributed by atoms with Gasteiger partial charge < -0.3 is 5.32 Å². The van der Waals surface area contributed by atoms with Gasteiger partial charge >= 0.3 is 0 Å². The van der Waals surface area contributed by atoms with Gasteiger partial charge in [0.2, 0.25) is 0 Å². The molecule has 0 aliphatic heterocycles. The van der Waals surface area contributed by atoms with Crippen molar-refractivity contribution in [2.45, 2.75) is 58.3 Å². The first-order valence-electron chi connectivity index (χ1n) is 13.0. The fraction of sp³-hybridized carbons (Fsp3) is 0.312. The fourth-order valence-electron chi connectivity index (χ4n) is 5.52. The summed E-state index contributed by atoms with van der Waals surface area (Å²) in [5.74, 6) is 1.52. The molecule has 4 aromatic rings. The summed E-state index contributed by atoms with van der Waals surface area (Å²) in [7, 11) is 0. The number of pyridine rings is 1. The first kappa shape index (κ1) is 23.3. The molecule has 1 fully saturated rings. The van der Waals surface area contributed by atoms with Crippen LogP contribution in [0.25, 0.3) is 22.0 Å². The molecule has 1 amide bonds. The number of hydrogen-bond acceptors (Lipinski definition) is 2. The smallest absolute Gasteiger partial charge is 0.256 e. The highest BCUT2D eigenvalue weighted by Gasteiger charge is 2.21. The third-order valence-electron chi connectivity index (χ3n) is 7.77. The predicted octanol–water partition coefficient (Wildman–Crippen LogP) is 8.40. The van der Waals surface area contributed by atoms with Crippen LogP contribution in [0.2, 0.25) is 0 Å². The molecule has 0 radical (unpaired) electrons. The van der Waals surface area contributed by atoms with Crippen molar-refractivity contribution in [2.24, 2.45) is 5.92 Å². The molecule has 35 heavy (non-hydrogen) atoms. The Bertz CT molecular complexity index is 1320. The summed E-state index contributed by atoms with van der Waals surface area (Å²) >= 11 is 0. The van der Waals surface area contributed by atoms with Crippen LogP contribution in [0, 0.1) is 5.92 Å². The van der Waals surface area contributed by atoms with E-state index in [9.17, 15) is 4.79 Å². The molecule has 5 rings (SSSR count). The first-order valence-corrected chi connectivity index (χ1v) is 13.0. The van der Waals surface area contributed by atoms with E-state index in [-0.39, 0.29) is 5.91 Å². The molecule has 0 saturated heterocycles. The zero-order chi connectivity index (χ0) is 24.2. The van der Waals surface area contributed by atoms with Crippen LogP contribution in [-0.2, 0) is 6.42 Å². The van der Waals surface area contributed by atoms with Crippen LogP contribution in [0.3, 0.4) is 0 Å². The monoisotopic (exact) mass is 462 g/mol. The molecule has 3 nitrogen and oxygen atoms in total. The van der Waals surface area contributed by atoms with E-state index in [1.807, 2.05) is 30.3 Å². The lowest BCUT2D eigenvalue weighted by Crippen LogP contribution is -2.13. The first-order chi connectivity index (χ1) is 17.2. The number of anilines is 1. The number of rotatable bonds is 6. The molecule has 0 unspecified atom stereocenters. The van der Waals surface area contributed by atoms with Gasteiger partial charge in [-0.15, -0.1) is 0 Å². The van der Waals surface area contributed by atoms with Crippen LogP contribution in [-0.4, -0.2) is 10.9 Å². The van der Waals surface area contributed by atoms with E-state index >= 15 is 0 Å². The van der Waals surface area contributed by atoms with Gasteiger partial charge in [-0.3, -0.25) is 9.78 Å². The second kappa shape index (κ2) is 10.4. The number of aryl methyl sites for hydroxylation is 1. The normalized spacial score (nSPS) is 17.9. The van der Waals surface area contributed by atoms with E-state index in [1.165, 1.54) is 43.2 Å². The molecule has 1 aromatic heterocycles. The minimum absolute atomic E-state index is 0.104. The molecule has 0 atom stereocenters. The molecule has 3 heteroatoms. The Morgan fingerprint density at radius 1 is 0.886 bits per heavy atom. The number of aromatic nitrogens is 1. The number of para-hydroxylation sites is 1. The average Bonchev–Trinajstić information content (AvgIpc) is 2.93. The van der Waals surface area contributed by atoms with Crippen molar-refractivity contribution < 1.29 is 4.79 Å². The maximum Gasteiger partial charge on any atom is 0.256 e. The van der Waals surface area contributed by atoms with Gasteiger partial charge in [-0.2, -0.15) is 0 Å². The maximum absolute atomic E-state index is 13.1. The second-order valence-electron chi connectivity index (χ2n) is 9.80. The highest BCUT2D eigenvalue weighted by atomic mass is 16.1. The quantitative estimate of drug-likeness (QED) is 0.312. The van der Waals surface area contributed by atoms with E-state index in [2.05, 4.69) is 60.5 Å². The van der Waals surface area contributed by atoms with Crippen molar-refractivity contribution in [1.82, 2.24) is 4.98 Å². The van der Waals surface area contributed by atoms with Crippen LogP contribution >= 0.6 is 0 Å². The van der Waals surface area contributed by atoms with E-state index in [4.69, 9.17) is 0 Å². The van der Waals surface area contributed by atoms with E-state index in [0.29, 0.717) is 11.5 Å². The van der Waals surface area contributed by atoms with Gasteiger partial charge in [0.15, 0.2) is 0 Å². The number of carbonyl (C=O) groups excluding carboxylic acids is 1. The fourth-order valence-corrected chi connectivity index (χ4v) is 5.52. The average molecular weight is 463 g/mol.